The second kappa shape index (κ2) is 10.5. The van der Waals surface area contributed by atoms with Crippen molar-refractivity contribution in [2.24, 2.45) is 0 Å². The SMILES string of the molecule is O=C(O)CC1CN(S(=O)(=O)c2ccc3cc(Cl)ccc3c2)CCN1C(=O)c1ccc(-c2ccccn2)cc1. The first-order valence-electron chi connectivity index (χ1n) is 12.0. The summed E-state index contributed by atoms with van der Waals surface area (Å²) in [6, 6.07) is 21.6. The monoisotopic (exact) mass is 549 g/mol. The van der Waals surface area contributed by atoms with Crippen molar-refractivity contribution in [2.45, 2.75) is 17.4 Å². The Morgan fingerprint density at radius 1 is 0.947 bits per heavy atom. The average molecular weight is 550 g/mol. The fraction of sp³-hybridized carbons (Fsp3) is 0.179. The molecule has 1 fully saturated rings. The van der Waals surface area contributed by atoms with Crippen LogP contribution in [0.25, 0.3) is 22.0 Å². The first-order chi connectivity index (χ1) is 18.2. The molecule has 3 aromatic carbocycles. The number of benzene rings is 3. The molecule has 1 aromatic heterocycles. The number of pyridine rings is 1. The number of amides is 1. The molecule has 1 N–H and O–H groups in total. The van der Waals surface area contributed by atoms with Gasteiger partial charge in [0, 0.05) is 42.0 Å². The van der Waals surface area contributed by atoms with E-state index in [0.717, 1.165) is 22.0 Å². The first kappa shape index (κ1) is 25.8. The van der Waals surface area contributed by atoms with Crippen molar-refractivity contribution in [1.82, 2.24) is 14.2 Å². The minimum Gasteiger partial charge on any atom is -0.481 e. The molecule has 10 heteroatoms. The number of carboxylic acid groups (broad SMARTS) is 1. The van der Waals surface area contributed by atoms with Crippen molar-refractivity contribution < 1.29 is 23.1 Å². The van der Waals surface area contributed by atoms with Gasteiger partial charge in [0.1, 0.15) is 0 Å². The maximum Gasteiger partial charge on any atom is 0.305 e. The number of carbonyl (C=O) groups excluding carboxylic acids is 1. The van der Waals surface area contributed by atoms with Crippen molar-refractivity contribution in [3.63, 3.8) is 0 Å². The number of piperazine rings is 1. The number of aliphatic carboxylic acids is 1. The second-order valence-corrected chi connectivity index (χ2v) is 11.4. The molecule has 1 aliphatic heterocycles. The molecule has 4 aromatic rings. The maximum atomic E-state index is 13.5. The Kier molecular flexibility index (Phi) is 7.16. The van der Waals surface area contributed by atoms with Gasteiger partial charge in [-0.05, 0) is 59.3 Å². The minimum absolute atomic E-state index is 0.0505. The highest BCUT2D eigenvalue weighted by atomic mass is 35.5. The van der Waals surface area contributed by atoms with Crippen LogP contribution in [0, 0.1) is 0 Å². The fourth-order valence-electron chi connectivity index (χ4n) is 4.68. The summed E-state index contributed by atoms with van der Waals surface area (Å²) in [5.74, 6) is -1.46. The Balaban J connectivity index is 1.37. The Morgan fingerprint density at radius 3 is 2.39 bits per heavy atom. The maximum absolute atomic E-state index is 13.5. The highest BCUT2D eigenvalue weighted by Crippen LogP contribution is 2.27. The second-order valence-electron chi connectivity index (χ2n) is 9.06. The predicted octanol–water partition coefficient (Wildman–Crippen LogP) is 4.55. The Bertz CT molecular complexity index is 1610. The summed E-state index contributed by atoms with van der Waals surface area (Å²) in [5.41, 5.74) is 2.01. The van der Waals surface area contributed by atoms with Gasteiger partial charge in [-0.25, -0.2) is 8.42 Å². The predicted molar refractivity (Wildman–Crippen MR) is 144 cm³/mol. The molecule has 194 valence electrons. The summed E-state index contributed by atoms with van der Waals surface area (Å²) in [4.78, 5) is 30.9. The van der Waals surface area contributed by atoms with E-state index in [2.05, 4.69) is 4.98 Å². The molecule has 0 radical (unpaired) electrons. The van der Waals surface area contributed by atoms with Crippen LogP contribution in [-0.2, 0) is 14.8 Å². The molecule has 8 nitrogen and oxygen atoms in total. The zero-order valence-electron chi connectivity index (χ0n) is 20.2. The molecule has 1 unspecified atom stereocenters. The number of halogens is 1. The molecule has 1 atom stereocenters. The lowest BCUT2D eigenvalue weighted by molar-refractivity contribution is -0.138. The molecule has 1 aliphatic rings. The topological polar surface area (TPSA) is 108 Å². The molecular formula is C28H24ClN3O5S. The van der Waals surface area contributed by atoms with Crippen LogP contribution in [0.3, 0.4) is 0 Å². The molecular weight excluding hydrogens is 526 g/mol. The van der Waals surface area contributed by atoms with Gasteiger partial charge in [-0.3, -0.25) is 14.6 Å². The molecule has 2 heterocycles. The van der Waals surface area contributed by atoms with Gasteiger partial charge < -0.3 is 10.0 Å². The van der Waals surface area contributed by atoms with E-state index in [1.54, 1.807) is 60.8 Å². The molecule has 0 bridgehead atoms. The van der Waals surface area contributed by atoms with E-state index in [9.17, 15) is 23.1 Å². The van der Waals surface area contributed by atoms with Crippen LogP contribution in [0.15, 0.2) is 90.0 Å². The number of aromatic nitrogens is 1. The number of carbonyl (C=O) groups is 2. The lowest BCUT2D eigenvalue weighted by atomic mass is 10.0. The normalized spacial score (nSPS) is 16.4. The third kappa shape index (κ3) is 5.26. The highest BCUT2D eigenvalue weighted by molar-refractivity contribution is 7.89. The van der Waals surface area contributed by atoms with Gasteiger partial charge in [0.2, 0.25) is 10.0 Å². The smallest absolute Gasteiger partial charge is 0.305 e. The average Bonchev–Trinajstić information content (AvgIpc) is 2.92. The van der Waals surface area contributed by atoms with Crippen LogP contribution >= 0.6 is 11.6 Å². The van der Waals surface area contributed by atoms with E-state index in [-0.39, 0.29) is 36.9 Å². The van der Waals surface area contributed by atoms with Gasteiger partial charge in [0.05, 0.1) is 23.1 Å². The van der Waals surface area contributed by atoms with Crippen LogP contribution in [0.1, 0.15) is 16.8 Å². The Morgan fingerprint density at radius 2 is 1.68 bits per heavy atom. The Hall–Kier alpha value is -3.79. The van der Waals surface area contributed by atoms with E-state index < -0.39 is 22.0 Å². The van der Waals surface area contributed by atoms with Gasteiger partial charge >= 0.3 is 5.97 Å². The largest absolute Gasteiger partial charge is 0.481 e. The number of rotatable bonds is 6. The quantitative estimate of drug-likeness (QED) is 0.378. The van der Waals surface area contributed by atoms with Crippen LogP contribution < -0.4 is 0 Å². The summed E-state index contributed by atoms with van der Waals surface area (Å²) in [6.07, 6.45) is 1.31. The molecule has 5 rings (SSSR count). The zero-order chi connectivity index (χ0) is 26.9. The van der Waals surface area contributed by atoms with E-state index in [4.69, 9.17) is 11.6 Å². The third-order valence-electron chi connectivity index (χ3n) is 6.62. The fourth-order valence-corrected chi connectivity index (χ4v) is 6.36. The van der Waals surface area contributed by atoms with Gasteiger partial charge in [-0.15, -0.1) is 0 Å². The lowest BCUT2D eigenvalue weighted by Crippen LogP contribution is -2.57. The van der Waals surface area contributed by atoms with Gasteiger partial charge in [-0.1, -0.05) is 41.9 Å². The number of fused-ring (bicyclic) bond motifs is 1. The molecule has 38 heavy (non-hydrogen) atoms. The number of hydrogen-bond donors (Lipinski definition) is 1. The van der Waals surface area contributed by atoms with Crippen molar-refractivity contribution >= 4 is 44.3 Å². The third-order valence-corrected chi connectivity index (χ3v) is 8.72. The molecule has 0 aliphatic carbocycles. The van der Waals surface area contributed by atoms with E-state index in [0.29, 0.717) is 10.6 Å². The number of hydrogen-bond acceptors (Lipinski definition) is 5. The number of carboxylic acids is 1. The minimum atomic E-state index is -3.92. The van der Waals surface area contributed by atoms with Crippen LogP contribution in [-0.4, -0.2) is 65.3 Å². The number of nitrogens with zero attached hydrogens (tertiary/aromatic N) is 3. The van der Waals surface area contributed by atoms with Gasteiger partial charge in [-0.2, -0.15) is 4.31 Å². The molecule has 1 saturated heterocycles. The summed E-state index contributed by atoms with van der Waals surface area (Å²) in [7, 11) is -3.92. The van der Waals surface area contributed by atoms with E-state index in [1.165, 1.54) is 15.3 Å². The summed E-state index contributed by atoms with van der Waals surface area (Å²) < 4.78 is 28.2. The van der Waals surface area contributed by atoms with Gasteiger partial charge in [0.25, 0.3) is 5.91 Å². The van der Waals surface area contributed by atoms with E-state index in [1.807, 2.05) is 18.2 Å². The van der Waals surface area contributed by atoms with Gasteiger partial charge in [0.15, 0.2) is 0 Å². The highest BCUT2D eigenvalue weighted by Gasteiger charge is 2.37. The zero-order valence-corrected chi connectivity index (χ0v) is 21.8. The molecule has 1 amide bonds. The summed E-state index contributed by atoms with van der Waals surface area (Å²) in [6.45, 7) is 0.00110. The molecule has 0 saturated carbocycles. The van der Waals surface area contributed by atoms with E-state index >= 15 is 0 Å². The standard InChI is InChI=1S/C28H24ClN3O5S/c29-23-10-8-22-16-25(11-9-21(22)15-23)38(36,37)31-13-14-32(24(18-31)17-27(33)34)28(35)20-6-4-19(5-7-20)26-3-1-2-12-30-26/h1-12,15-16,24H,13-14,17-18H2,(H,33,34). The van der Waals surface area contributed by atoms with Crippen LogP contribution in [0.5, 0.6) is 0 Å². The first-order valence-corrected chi connectivity index (χ1v) is 13.8. The van der Waals surface area contributed by atoms with Crippen molar-refractivity contribution in [3.8, 4) is 11.3 Å². The van der Waals surface area contributed by atoms with Crippen molar-refractivity contribution in [1.29, 1.82) is 0 Å². The number of sulfonamides is 1. The van der Waals surface area contributed by atoms with Crippen LogP contribution in [0.2, 0.25) is 5.02 Å². The Labute approximate surface area is 225 Å². The van der Waals surface area contributed by atoms with Crippen molar-refractivity contribution in [2.75, 3.05) is 19.6 Å². The summed E-state index contributed by atoms with van der Waals surface area (Å²) in [5, 5.41) is 11.6. The van der Waals surface area contributed by atoms with Crippen molar-refractivity contribution in [3.05, 3.63) is 95.6 Å². The lowest BCUT2D eigenvalue weighted by Gasteiger charge is -2.40. The van der Waals surface area contributed by atoms with Crippen LogP contribution in [0.4, 0.5) is 0 Å². The molecule has 0 spiro atoms. The summed E-state index contributed by atoms with van der Waals surface area (Å²) >= 11 is 6.04.